The number of nitrogen functional groups attached to an aromatic ring is 1. The molecule has 1 aromatic carbocycles. The lowest BCUT2D eigenvalue weighted by molar-refractivity contribution is -0.124. The van der Waals surface area contributed by atoms with Crippen LogP contribution in [0.1, 0.15) is 17.8 Å². The number of benzene rings is 1. The van der Waals surface area contributed by atoms with E-state index in [9.17, 15) is 15.0 Å². The zero-order valence-corrected chi connectivity index (χ0v) is 15.3. The van der Waals surface area contributed by atoms with Crippen LogP contribution in [0.15, 0.2) is 43.0 Å². The van der Waals surface area contributed by atoms with Crippen molar-refractivity contribution in [1.29, 1.82) is 0 Å². The van der Waals surface area contributed by atoms with Crippen molar-refractivity contribution in [2.75, 3.05) is 12.3 Å². The van der Waals surface area contributed by atoms with Crippen LogP contribution in [0.2, 0.25) is 0 Å². The summed E-state index contributed by atoms with van der Waals surface area (Å²) in [7, 11) is 0. The number of aliphatic hydroxyl groups is 2. The molecule has 1 aliphatic rings. The van der Waals surface area contributed by atoms with Crippen molar-refractivity contribution in [3.63, 3.8) is 0 Å². The molecule has 5 atom stereocenters. The molecule has 0 radical (unpaired) electrons. The standard InChI is InChI=1S/C18H21N7O4/c19-11(9-4-2-1-3-5-9)17(28)24-12-14(27)10(6-26)29-18(12)25-8-23-13-15(20)21-7-22-16(13)25/h1-5,7-8,10-12,14,18,26-27H,6,19H2,(H,24,28)(H2,20,21,22)/t10-,11?,12?,14+,18-/m1/s1. The number of fused-ring (bicyclic) bond motifs is 1. The van der Waals surface area contributed by atoms with Crippen LogP contribution in [0.3, 0.4) is 0 Å². The maximum Gasteiger partial charge on any atom is 0.241 e. The van der Waals surface area contributed by atoms with Gasteiger partial charge in [0.05, 0.1) is 12.9 Å². The Kier molecular flexibility index (Phi) is 5.11. The molecule has 1 fully saturated rings. The average molecular weight is 399 g/mol. The molecule has 11 nitrogen and oxygen atoms in total. The summed E-state index contributed by atoms with van der Waals surface area (Å²) in [5, 5.41) is 22.9. The van der Waals surface area contributed by atoms with Crippen molar-refractivity contribution >= 4 is 22.9 Å². The average Bonchev–Trinajstić information content (AvgIpc) is 3.30. The number of carbonyl (C=O) groups excluding carboxylic acids is 1. The molecule has 152 valence electrons. The molecule has 2 aromatic heterocycles. The zero-order valence-electron chi connectivity index (χ0n) is 15.3. The zero-order chi connectivity index (χ0) is 20.5. The van der Waals surface area contributed by atoms with Crippen molar-refractivity contribution in [2.24, 2.45) is 5.73 Å². The summed E-state index contributed by atoms with van der Waals surface area (Å²) in [4.78, 5) is 25.0. The number of hydrogen-bond donors (Lipinski definition) is 5. The molecule has 3 aromatic rings. The number of hydrogen-bond acceptors (Lipinski definition) is 9. The fraction of sp³-hybridized carbons (Fsp3) is 0.333. The van der Waals surface area contributed by atoms with Crippen molar-refractivity contribution in [3.8, 4) is 0 Å². The molecule has 1 aliphatic heterocycles. The Hall–Kier alpha value is -3.12. The van der Waals surface area contributed by atoms with E-state index in [2.05, 4.69) is 20.3 Å². The maximum absolute atomic E-state index is 12.7. The number of nitrogens with zero attached hydrogens (tertiary/aromatic N) is 4. The number of anilines is 1. The highest BCUT2D eigenvalue weighted by Gasteiger charge is 2.46. The van der Waals surface area contributed by atoms with Gasteiger partial charge in [0.2, 0.25) is 5.91 Å². The maximum atomic E-state index is 12.7. The van der Waals surface area contributed by atoms with Crippen molar-refractivity contribution in [1.82, 2.24) is 24.8 Å². The van der Waals surface area contributed by atoms with E-state index in [0.29, 0.717) is 16.7 Å². The Bertz CT molecular complexity index is 1010. The van der Waals surface area contributed by atoms with Gasteiger partial charge < -0.3 is 31.7 Å². The Morgan fingerprint density at radius 3 is 2.76 bits per heavy atom. The predicted octanol–water partition coefficient (Wildman–Crippen LogP) is -1.16. The first-order chi connectivity index (χ1) is 14.0. The molecule has 2 unspecified atom stereocenters. The molecule has 4 rings (SSSR count). The van der Waals surface area contributed by atoms with Crippen LogP contribution in [0.5, 0.6) is 0 Å². The Balaban J connectivity index is 1.64. The van der Waals surface area contributed by atoms with Gasteiger partial charge in [0.1, 0.15) is 36.1 Å². The van der Waals surface area contributed by atoms with Gasteiger partial charge in [0, 0.05) is 0 Å². The molecule has 0 bridgehead atoms. The third-order valence-corrected chi connectivity index (χ3v) is 4.96. The molecule has 0 aliphatic carbocycles. The van der Waals surface area contributed by atoms with Gasteiger partial charge in [-0.15, -0.1) is 0 Å². The first kappa shape index (κ1) is 19.2. The van der Waals surface area contributed by atoms with E-state index in [-0.39, 0.29) is 5.82 Å². The van der Waals surface area contributed by atoms with Crippen LogP contribution in [0.25, 0.3) is 11.2 Å². The van der Waals surface area contributed by atoms with Crippen LogP contribution >= 0.6 is 0 Å². The molecule has 3 heterocycles. The van der Waals surface area contributed by atoms with Crippen LogP contribution in [-0.2, 0) is 9.53 Å². The van der Waals surface area contributed by atoms with E-state index in [1.807, 2.05) is 6.07 Å². The number of carbonyl (C=O) groups is 1. The minimum absolute atomic E-state index is 0.192. The first-order valence-electron chi connectivity index (χ1n) is 8.99. The van der Waals surface area contributed by atoms with Crippen molar-refractivity contribution in [3.05, 3.63) is 48.5 Å². The molecule has 1 amide bonds. The van der Waals surface area contributed by atoms with E-state index in [0.717, 1.165) is 0 Å². The number of amides is 1. The largest absolute Gasteiger partial charge is 0.394 e. The lowest BCUT2D eigenvalue weighted by atomic mass is 10.0. The highest BCUT2D eigenvalue weighted by molar-refractivity contribution is 5.83. The summed E-state index contributed by atoms with van der Waals surface area (Å²) in [5.74, 6) is -0.302. The summed E-state index contributed by atoms with van der Waals surface area (Å²) in [5.41, 5.74) is 13.3. The molecular weight excluding hydrogens is 378 g/mol. The molecule has 0 spiro atoms. The summed E-state index contributed by atoms with van der Waals surface area (Å²) in [6.45, 7) is -0.432. The molecule has 11 heteroatoms. The molecule has 29 heavy (non-hydrogen) atoms. The number of aliphatic hydroxyl groups excluding tert-OH is 2. The van der Waals surface area contributed by atoms with Crippen LogP contribution < -0.4 is 16.8 Å². The molecule has 0 saturated carbocycles. The van der Waals surface area contributed by atoms with Crippen LogP contribution in [-0.4, -0.2) is 60.5 Å². The van der Waals surface area contributed by atoms with E-state index >= 15 is 0 Å². The highest BCUT2D eigenvalue weighted by atomic mass is 16.5. The number of rotatable bonds is 5. The van der Waals surface area contributed by atoms with Gasteiger partial charge in [-0.1, -0.05) is 30.3 Å². The van der Waals surface area contributed by atoms with Gasteiger partial charge >= 0.3 is 0 Å². The molecular formula is C18H21N7O4. The smallest absolute Gasteiger partial charge is 0.241 e. The number of imidazole rings is 1. The minimum atomic E-state index is -1.17. The highest BCUT2D eigenvalue weighted by Crippen LogP contribution is 2.32. The quantitative estimate of drug-likeness (QED) is 0.354. The van der Waals surface area contributed by atoms with Gasteiger partial charge in [-0.2, -0.15) is 0 Å². The summed E-state index contributed by atoms with van der Waals surface area (Å²) < 4.78 is 7.31. The van der Waals surface area contributed by atoms with Crippen molar-refractivity contribution < 1.29 is 19.7 Å². The van der Waals surface area contributed by atoms with Crippen LogP contribution in [0.4, 0.5) is 5.82 Å². The number of nitrogens with two attached hydrogens (primary N) is 2. The number of ether oxygens (including phenoxy) is 1. The van der Waals surface area contributed by atoms with E-state index < -0.39 is 43.0 Å². The fourth-order valence-electron chi connectivity index (χ4n) is 3.41. The van der Waals surface area contributed by atoms with Gasteiger partial charge in [-0.05, 0) is 5.56 Å². The topological polar surface area (TPSA) is 174 Å². The number of aromatic nitrogens is 4. The second kappa shape index (κ2) is 7.72. The first-order valence-corrected chi connectivity index (χ1v) is 8.99. The third-order valence-electron chi connectivity index (χ3n) is 4.96. The monoisotopic (exact) mass is 399 g/mol. The fourth-order valence-corrected chi connectivity index (χ4v) is 3.41. The summed E-state index contributed by atoms with van der Waals surface area (Å²) in [6.07, 6.45) is -0.246. The predicted molar refractivity (Wildman–Crippen MR) is 102 cm³/mol. The van der Waals surface area contributed by atoms with E-state index in [1.54, 1.807) is 24.3 Å². The van der Waals surface area contributed by atoms with Crippen molar-refractivity contribution in [2.45, 2.75) is 30.5 Å². The summed E-state index contributed by atoms with van der Waals surface area (Å²) in [6, 6.07) is 7.02. The normalized spacial score (nSPS) is 25.2. The Labute approximate surface area is 165 Å². The number of nitrogens with one attached hydrogen (secondary N) is 1. The van der Waals surface area contributed by atoms with Gasteiger partial charge in [-0.3, -0.25) is 9.36 Å². The van der Waals surface area contributed by atoms with Gasteiger partial charge in [0.15, 0.2) is 17.7 Å². The summed E-state index contributed by atoms with van der Waals surface area (Å²) >= 11 is 0. The lowest BCUT2D eigenvalue weighted by Gasteiger charge is -2.24. The van der Waals surface area contributed by atoms with Gasteiger partial charge in [-0.25, -0.2) is 15.0 Å². The van der Waals surface area contributed by atoms with Gasteiger partial charge in [0.25, 0.3) is 0 Å². The lowest BCUT2D eigenvalue weighted by Crippen LogP contribution is -2.49. The minimum Gasteiger partial charge on any atom is -0.394 e. The second-order valence-corrected chi connectivity index (χ2v) is 6.74. The Morgan fingerprint density at radius 2 is 2.03 bits per heavy atom. The van der Waals surface area contributed by atoms with E-state index in [1.165, 1.54) is 17.2 Å². The Morgan fingerprint density at radius 1 is 1.28 bits per heavy atom. The van der Waals surface area contributed by atoms with Crippen LogP contribution in [0, 0.1) is 0 Å². The SMILES string of the molecule is Nc1ncnc2c1ncn2[C@@H]1O[C@H](CO)[C@H](O)C1NC(=O)C(N)c1ccccc1. The van der Waals surface area contributed by atoms with E-state index in [4.69, 9.17) is 16.2 Å². The molecule has 7 N–H and O–H groups in total. The second-order valence-electron chi connectivity index (χ2n) is 6.74. The molecule has 1 saturated heterocycles. The third kappa shape index (κ3) is 3.40.